The summed E-state index contributed by atoms with van der Waals surface area (Å²) in [5.74, 6) is 1.11. The number of hydrogen-bond donors (Lipinski definition) is 0. The number of nitrogens with zero attached hydrogens (tertiary/aromatic N) is 1. The van der Waals surface area contributed by atoms with Gasteiger partial charge < -0.3 is 9.47 Å². The van der Waals surface area contributed by atoms with Crippen molar-refractivity contribution in [2.24, 2.45) is 0 Å². The minimum absolute atomic E-state index is 0.188. The van der Waals surface area contributed by atoms with E-state index >= 15 is 0 Å². The molecule has 2 aromatic carbocycles. The Labute approximate surface area is 143 Å². The predicted octanol–water partition coefficient (Wildman–Crippen LogP) is 2.88. The van der Waals surface area contributed by atoms with Crippen LogP contribution in [-0.4, -0.2) is 40.5 Å². The third kappa shape index (κ3) is 3.88. The van der Waals surface area contributed by atoms with Gasteiger partial charge in [-0.2, -0.15) is 0 Å². The Morgan fingerprint density at radius 3 is 2.33 bits per heavy atom. The zero-order chi connectivity index (χ0) is 17.7. The first-order valence-electron chi connectivity index (χ1n) is 7.63. The molecule has 0 amide bonds. The van der Waals surface area contributed by atoms with Crippen molar-refractivity contribution in [2.75, 3.05) is 27.8 Å². The number of benzene rings is 2. The van der Waals surface area contributed by atoms with Crippen molar-refractivity contribution in [1.29, 1.82) is 0 Å². The molecule has 0 aliphatic rings. The lowest BCUT2D eigenvalue weighted by Crippen LogP contribution is -2.29. The summed E-state index contributed by atoms with van der Waals surface area (Å²) in [7, 11) is 1.03. The van der Waals surface area contributed by atoms with Crippen LogP contribution in [0.2, 0.25) is 0 Å². The molecule has 0 fully saturated rings. The zero-order valence-corrected chi connectivity index (χ0v) is 15.3. The Balaban J connectivity index is 2.22. The number of para-hydroxylation sites is 1. The minimum Gasteiger partial charge on any atom is -0.496 e. The van der Waals surface area contributed by atoms with E-state index in [2.05, 4.69) is 0 Å². The van der Waals surface area contributed by atoms with Crippen molar-refractivity contribution in [2.45, 2.75) is 18.2 Å². The molecule has 0 heterocycles. The Morgan fingerprint density at radius 1 is 1.00 bits per heavy atom. The molecule has 0 spiro atoms. The summed E-state index contributed by atoms with van der Waals surface area (Å²) in [6, 6.07) is 12.7. The molecule has 24 heavy (non-hydrogen) atoms. The van der Waals surface area contributed by atoms with Crippen LogP contribution in [0.25, 0.3) is 0 Å². The summed E-state index contributed by atoms with van der Waals surface area (Å²) in [5, 5.41) is 0. The van der Waals surface area contributed by atoms with Crippen molar-refractivity contribution >= 4 is 10.0 Å². The fourth-order valence-corrected chi connectivity index (χ4v) is 3.87. The van der Waals surface area contributed by atoms with E-state index in [4.69, 9.17) is 9.47 Å². The maximum atomic E-state index is 12.9. The zero-order valence-electron chi connectivity index (χ0n) is 14.4. The summed E-state index contributed by atoms with van der Waals surface area (Å²) < 4.78 is 37.6. The van der Waals surface area contributed by atoms with Crippen molar-refractivity contribution < 1.29 is 17.9 Å². The van der Waals surface area contributed by atoms with Crippen LogP contribution >= 0.6 is 0 Å². The normalized spacial score (nSPS) is 11.5. The maximum absolute atomic E-state index is 12.9. The standard InChI is InChI=1S/C18H23NO4S/c1-14-9-10-17(23-4)18(13-14)24(20,21)19(2)12-11-15-7-5-6-8-16(15)22-3/h5-10,13H,11-12H2,1-4H3. The first-order chi connectivity index (χ1) is 11.4. The molecule has 0 saturated heterocycles. The fourth-order valence-electron chi connectivity index (χ4n) is 2.46. The van der Waals surface area contributed by atoms with E-state index in [-0.39, 0.29) is 4.90 Å². The summed E-state index contributed by atoms with van der Waals surface area (Å²) in [6.45, 7) is 2.20. The Morgan fingerprint density at radius 2 is 1.67 bits per heavy atom. The molecule has 6 heteroatoms. The van der Waals surface area contributed by atoms with Crippen LogP contribution in [0.1, 0.15) is 11.1 Å². The lowest BCUT2D eigenvalue weighted by atomic mass is 10.1. The highest BCUT2D eigenvalue weighted by atomic mass is 32.2. The quantitative estimate of drug-likeness (QED) is 0.771. The fraction of sp³-hybridized carbons (Fsp3) is 0.333. The first kappa shape index (κ1) is 18.3. The second kappa shape index (κ2) is 7.68. The van der Waals surface area contributed by atoms with E-state index in [1.54, 1.807) is 26.3 Å². The van der Waals surface area contributed by atoms with Gasteiger partial charge in [-0.1, -0.05) is 24.3 Å². The van der Waals surface area contributed by atoms with Gasteiger partial charge in [0.25, 0.3) is 0 Å². The molecular weight excluding hydrogens is 326 g/mol. The monoisotopic (exact) mass is 349 g/mol. The molecule has 0 radical (unpaired) electrons. The summed E-state index contributed by atoms with van der Waals surface area (Å²) in [4.78, 5) is 0.188. The van der Waals surface area contributed by atoms with E-state index in [1.165, 1.54) is 11.4 Å². The number of hydrogen-bond acceptors (Lipinski definition) is 4. The van der Waals surface area contributed by atoms with Crippen LogP contribution in [0, 0.1) is 6.92 Å². The van der Waals surface area contributed by atoms with E-state index < -0.39 is 10.0 Å². The smallest absolute Gasteiger partial charge is 0.246 e. The second-order valence-electron chi connectivity index (χ2n) is 5.54. The first-order valence-corrected chi connectivity index (χ1v) is 9.07. The van der Waals surface area contributed by atoms with Gasteiger partial charge in [0.2, 0.25) is 10.0 Å². The maximum Gasteiger partial charge on any atom is 0.246 e. The summed E-state index contributed by atoms with van der Waals surface area (Å²) in [6.07, 6.45) is 0.563. The van der Waals surface area contributed by atoms with Crippen molar-refractivity contribution in [1.82, 2.24) is 4.31 Å². The molecule has 0 aliphatic heterocycles. The molecular formula is C18H23NO4S. The average Bonchev–Trinajstić information content (AvgIpc) is 2.59. The number of aryl methyl sites for hydroxylation is 1. The van der Waals surface area contributed by atoms with Crippen molar-refractivity contribution in [3.8, 4) is 11.5 Å². The van der Waals surface area contributed by atoms with Crippen LogP contribution in [0.15, 0.2) is 47.4 Å². The summed E-state index contributed by atoms with van der Waals surface area (Å²) >= 11 is 0. The van der Waals surface area contributed by atoms with Crippen LogP contribution in [0.5, 0.6) is 11.5 Å². The third-order valence-electron chi connectivity index (χ3n) is 3.90. The third-order valence-corrected chi connectivity index (χ3v) is 5.77. The SMILES string of the molecule is COc1ccccc1CCN(C)S(=O)(=O)c1cc(C)ccc1OC. The number of methoxy groups -OCH3 is 2. The van der Waals surface area contributed by atoms with E-state index in [0.717, 1.165) is 16.9 Å². The molecule has 130 valence electrons. The lowest BCUT2D eigenvalue weighted by Gasteiger charge is -2.19. The van der Waals surface area contributed by atoms with Crippen molar-refractivity contribution in [3.05, 3.63) is 53.6 Å². The molecule has 0 aromatic heterocycles. The van der Waals surface area contributed by atoms with Gasteiger partial charge in [-0.25, -0.2) is 12.7 Å². The number of ether oxygens (including phenoxy) is 2. The number of likely N-dealkylation sites (N-methyl/N-ethyl adjacent to an activating group) is 1. The highest BCUT2D eigenvalue weighted by molar-refractivity contribution is 7.89. The summed E-state index contributed by atoms with van der Waals surface area (Å²) in [5.41, 5.74) is 1.84. The molecule has 0 saturated carbocycles. The molecule has 5 nitrogen and oxygen atoms in total. The second-order valence-corrected chi connectivity index (χ2v) is 7.56. The van der Waals surface area contributed by atoms with Gasteiger partial charge >= 0.3 is 0 Å². The molecule has 2 aromatic rings. The molecule has 2 rings (SSSR count). The van der Waals surface area contributed by atoms with Crippen LogP contribution < -0.4 is 9.47 Å². The molecule has 0 aliphatic carbocycles. The van der Waals surface area contributed by atoms with Crippen LogP contribution in [0.3, 0.4) is 0 Å². The highest BCUT2D eigenvalue weighted by Crippen LogP contribution is 2.27. The van der Waals surface area contributed by atoms with Crippen LogP contribution in [-0.2, 0) is 16.4 Å². The molecule has 0 bridgehead atoms. The Bertz CT molecular complexity index is 802. The van der Waals surface area contributed by atoms with Gasteiger partial charge in [0.1, 0.15) is 16.4 Å². The largest absolute Gasteiger partial charge is 0.496 e. The molecule has 0 unspecified atom stereocenters. The predicted molar refractivity (Wildman–Crippen MR) is 94.2 cm³/mol. The van der Waals surface area contributed by atoms with Gasteiger partial charge in [0.05, 0.1) is 14.2 Å². The van der Waals surface area contributed by atoms with Crippen molar-refractivity contribution in [3.63, 3.8) is 0 Å². The van der Waals surface area contributed by atoms with Gasteiger partial charge in [0.15, 0.2) is 0 Å². The Kier molecular flexibility index (Phi) is 5.85. The molecule has 0 N–H and O–H groups in total. The van der Waals surface area contributed by atoms with Crippen LogP contribution in [0.4, 0.5) is 0 Å². The van der Waals surface area contributed by atoms with Gasteiger partial charge in [-0.15, -0.1) is 0 Å². The highest BCUT2D eigenvalue weighted by Gasteiger charge is 2.25. The average molecular weight is 349 g/mol. The van der Waals surface area contributed by atoms with Gasteiger partial charge in [-0.05, 0) is 42.7 Å². The van der Waals surface area contributed by atoms with E-state index in [0.29, 0.717) is 18.7 Å². The number of sulfonamides is 1. The topological polar surface area (TPSA) is 55.8 Å². The van der Waals surface area contributed by atoms with E-state index in [9.17, 15) is 8.42 Å². The van der Waals surface area contributed by atoms with Gasteiger partial charge in [0, 0.05) is 13.6 Å². The molecule has 0 atom stereocenters. The minimum atomic E-state index is -3.63. The lowest BCUT2D eigenvalue weighted by molar-refractivity contribution is 0.396. The Hall–Kier alpha value is -2.05. The number of rotatable bonds is 7. The van der Waals surface area contributed by atoms with Gasteiger partial charge in [-0.3, -0.25) is 0 Å². The van der Waals surface area contributed by atoms with E-state index in [1.807, 2.05) is 37.3 Å².